The fraction of sp³-hybridized carbons (Fsp3) is 0.286. The average molecular weight is 305 g/mol. The van der Waals surface area contributed by atoms with Gasteiger partial charge in [0.1, 0.15) is 0 Å². The average Bonchev–Trinajstić information content (AvgIpc) is 2.96. The summed E-state index contributed by atoms with van der Waals surface area (Å²) in [6.07, 6.45) is 5.75. The van der Waals surface area contributed by atoms with Crippen molar-refractivity contribution in [3.8, 4) is 0 Å². The molecule has 3 aromatic rings. The van der Waals surface area contributed by atoms with E-state index >= 15 is 0 Å². The number of aromatic nitrogens is 1. The van der Waals surface area contributed by atoms with Crippen molar-refractivity contribution in [2.45, 2.75) is 39.7 Å². The molecule has 0 radical (unpaired) electrons. The third kappa shape index (κ3) is 3.53. The summed E-state index contributed by atoms with van der Waals surface area (Å²) in [6, 6.07) is 16.9. The standard InChI is InChI=1S/C21H23NO/c1-3-4-5-17-6-8-18(9-7-17)15-22-13-12-20-14-19(16(2)23)10-11-21(20)22/h6-14H,3-5,15H2,1-2H3. The Kier molecular flexibility index (Phi) is 4.61. The van der Waals surface area contributed by atoms with Gasteiger partial charge in [0, 0.05) is 29.2 Å². The molecule has 1 aromatic heterocycles. The van der Waals surface area contributed by atoms with E-state index < -0.39 is 0 Å². The minimum Gasteiger partial charge on any atom is -0.343 e. The lowest BCUT2D eigenvalue weighted by Gasteiger charge is -2.07. The Labute approximate surface area is 137 Å². The number of benzene rings is 2. The number of rotatable bonds is 6. The van der Waals surface area contributed by atoms with Gasteiger partial charge in [-0.3, -0.25) is 4.79 Å². The third-order valence-corrected chi connectivity index (χ3v) is 4.37. The number of carbonyl (C=O) groups is 1. The highest BCUT2D eigenvalue weighted by molar-refractivity contribution is 5.98. The molecule has 0 aliphatic rings. The van der Waals surface area contributed by atoms with Crippen LogP contribution in [0.25, 0.3) is 10.9 Å². The maximum absolute atomic E-state index is 11.5. The lowest BCUT2D eigenvalue weighted by atomic mass is 10.1. The summed E-state index contributed by atoms with van der Waals surface area (Å²) in [5, 5.41) is 1.12. The van der Waals surface area contributed by atoms with Gasteiger partial charge in [-0.15, -0.1) is 0 Å². The van der Waals surface area contributed by atoms with Gasteiger partial charge in [0.2, 0.25) is 0 Å². The number of ketones is 1. The van der Waals surface area contributed by atoms with E-state index in [2.05, 4.69) is 48.0 Å². The third-order valence-electron chi connectivity index (χ3n) is 4.37. The number of hydrogen-bond acceptors (Lipinski definition) is 1. The minimum absolute atomic E-state index is 0.113. The predicted octanol–water partition coefficient (Wildman–Crippen LogP) is 5.23. The maximum atomic E-state index is 11.5. The lowest BCUT2D eigenvalue weighted by Crippen LogP contribution is -1.98. The Bertz CT molecular complexity index is 811. The van der Waals surface area contributed by atoms with Crippen LogP contribution >= 0.6 is 0 Å². The van der Waals surface area contributed by atoms with E-state index in [0.717, 1.165) is 23.9 Å². The Balaban J connectivity index is 1.80. The van der Waals surface area contributed by atoms with Gasteiger partial charge in [-0.2, -0.15) is 0 Å². The first-order valence-corrected chi connectivity index (χ1v) is 8.35. The Hall–Kier alpha value is -2.35. The summed E-state index contributed by atoms with van der Waals surface area (Å²) in [4.78, 5) is 11.5. The molecule has 0 spiro atoms. The number of fused-ring (bicyclic) bond motifs is 1. The van der Waals surface area contributed by atoms with E-state index in [9.17, 15) is 4.79 Å². The topological polar surface area (TPSA) is 22.0 Å². The van der Waals surface area contributed by atoms with Crippen molar-refractivity contribution in [2.24, 2.45) is 0 Å². The van der Waals surface area contributed by atoms with Gasteiger partial charge in [-0.25, -0.2) is 0 Å². The van der Waals surface area contributed by atoms with Gasteiger partial charge in [0.25, 0.3) is 0 Å². The van der Waals surface area contributed by atoms with Gasteiger partial charge >= 0.3 is 0 Å². The van der Waals surface area contributed by atoms with Crippen molar-refractivity contribution in [2.75, 3.05) is 0 Å². The van der Waals surface area contributed by atoms with Gasteiger partial charge in [-0.1, -0.05) is 37.6 Å². The second-order valence-electron chi connectivity index (χ2n) is 6.19. The first kappa shape index (κ1) is 15.5. The molecule has 0 fully saturated rings. The van der Waals surface area contributed by atoms with E-state index in [1.807, 2.05) is 18.2 Å². The fourth-order valence-corrected chi connectivity index (χ4v) is 2.95. The summed E-state index contributed by atoms with van der Waals surface area (Å²) in [7, 11) is 0. The van der Waals surface area contributed by atoms with Crippen molar-refractivity contribution in [1.82, 2.24) is 4.57 Å². The Morgan fingerprint density at radius 1 is 1.00 bits per heavy atom. The molecule has 0 unspecified atom stereocenters. The van der Waals surface area contributed by atoms with Crippen LogP contribution in [0.1, 0.15) is 48.2 Å². The Morgan fingerprint density at radius 2 is 1.74 bits per heavy atom. The zero-order chi connectivity index (χ0) is 16.2. The molecule has 0 amide bonds. The molecule has 0 N–H and O–H groups in total. The van der Waals surface area contributed by atoms with Gasteiger partial charge < -0.3 is 4.57 Å². The fourth-order valence-electron chi connectivity index (χ4n) is 2.95. The quantitative estimate of drug-likeness (QED) is 0.571. The van der Waals surface area contributed by atoms with E-state index in [4.69, 9.17) is 0 Å². The molecular formula is C21H23NO. The summed E-state index contributed by atoms with van der Waals surface area (Å²) in [6.45, 7) is 4.69. The molecular weight excluding hydrogens is 282 g/mol. The highest BCUT2D eigenvalue weighted by Gasteiger charge is 2.05. The van der Waals surface area contributed by atoms with Crippen LogP contribution in [-0.2, 0) is 13.0 Å². The normalized spacial score (nSPS) is 11.0. The van der Waals surface area contributed by atoms with Crippen LogP contribution in [-0.4, -0.2) is 10.4 Å². The second kappa shape index (κ2) is 6.82. The smallest absolute Gasteiger partial charge is 0.159 e. The van der Waals surface area contributed by atoms with Gasteiger partial charge in [-0.05, 0) is 55.2 Å². The number of carbonyl (C=O) groups excluding carboxylic acids is 1. The maximum Gasteiger partial charge on any atom is 0.159 e. The van der Waals surface area contributed by atoms with Crippen LogP contribution in [0.5, 0.6) is 0 Å². The van der Waals surface area contributed by atoms with Crippen molar-refractivity contribution in [1.29, 1.82) is 0 Å². The first-order chi connectivity index (χ1) is 11.2. The summed E-state index contributed by atoms with van der Waals surface area (Å²) < 4.78 is 2.24. The van der Waals surface area contributed by atoms with E-state index in [1.54, 1.807) is 6.92 Å². The SMILES string of the molecule is CCCCc1ccc(Cn2ccc3cc(C(C)=O)ccc32)cc1. The zero-order valence-electron chi connectivity index (χ0n) is 13.9. The van der Waals surface area contributed by atoms with Crippen LogP contribution in [0.2, 0.25) is 0 Å². The summed E-state index contributed by atoms with van der Waals surface area (Å²) >= 11 is 0. The second-order valence-corrected chi connectivity index (χ2v) is 6.19. The summed E-state index contributed by atoms with van der Waals surface area (Å²) in [5.74, 6) is 0.113. The molecule has 23 heavy (non-hydrogen) atoms. The van der Waals surface area contributed by atoms with Crippen LogP contribution < -0.4 is 0 Å². The van der Waals surface area contributed by atoms with E-state index in [-0.39, 0.29) is 5.78 Å². The van der Waals surface area contributed by atoms with E-state index in [0.29, 0.717) is 0 Å². The molecule has 2 aromatic carbocycles. The molecule has 1 heterocycles. The van der Waals surface area contributed by atoms with Crippen molar-refractivity contribution >= 4 is 16.7 Å². The first-order valence-electron chi connectivity index (χ1n) is 8.35. The lowest BCUT2D eigenvalue weighted by molar-refractivity contribution is 0.101. The molecule has 3 rings (SSSR count). The molecule has 2 nitrogen and oxygen atoms in total. The monoisotopic (exact) mass is 305 g/mol. The largest absolute Gasteiger partial charge is 0.343 e. The van der Waals surface area contributed by atoms with Crippen molar-refractivity contribution in [3.63, 3.8) is 0 Å². The minimum atomic E-state index is 0.113. The van der Waals surface area contributed by atoms with Crippen molar-refractivity contribution < 1.29 is 4.79 Å². The van der Waals surface area contributed by atoms with Crippen LogP contribution in [0.3, 0.4) is 0 Å². The summed E-state index contributed by atoms with van der Waals surface area (Å²) in [5.41, 5.74) is 4.66. The molecule has 0 saturated carbocycles. The Morgan fingerprint density at radius 3 is 2.43 bits per heavy atom. The van der Waals surface area contributed by atoms with Crippen LogP contribution in [0.15, 0.2) is 54.7 Å². The predicted molar refractivity (Wildman–Crippen MR) is 96.1 cm³/mol. The van der Waals surface area contributed by atoms with Gasteiger partial charge in [0.05, 0.1) is 0 Å². The van der Waals surface area contributed by atoms with E-state index in [1.165, 1.54) is 29.5 Å². The zero-order valence-corrected chi connectivity index (χ0v) is 13.9. The van der Waals surface area contributed by atoms with Crippen LogP contribution in [0.4, 0.5) is 0 Å². The highest BCUT2D eigenvalue weighted by Crippen LogP contribution is 2.20. The van der Waals surface area contributed by atoms with Crippen LogP contribution in [0, 0.1) is 0 Å². The number of Topliss-reactive ketones (excluding diaryl/α,β-unsaturated/α-hetero) is 1. The number of unbranched alkanes of at least 4 members (excludes halogenated alkanes) is 1. The molecule has 0 aliphatic carbocycles. The number of hydrogen-bond donors (Lipinski definition) is 0. The number of nitrogens with zero attached hydrogens (tertiary/aromatic N) is 1. The van der Waals surface area contributed by atoms with Gasteiger partial charge in [0.15, 0.2) is 5.78 Å². The number of aryl methyl sites for hydroxylation is 1. The molecule has 0 atom stereocenters. The highest BCUT2D eigenvalue weighted by atomic mass is 16.1. The molecule has 2 heteroatoms. The molecule has 0 saturated heterocycles. The van der Waals surface area contributed by atoms with Crippen molar-refractivity contribution in [3.05, 3.63) is 71.4 Å². The molecule has 0 bridgehead atoms. The molecule has 118 valence electrons. The molecule has 0 aliphatic heterocycles.